The first-order chi connectivity index (χ1) is 9.00. The Hall–Kier alpha value is -1.02. The monoisotopic (exact) mass is 260 g/mol. The minimum atomic E-state index is 0.248. The van der Waals surface area contributed by atoms with E-state index < -0.39 is 0 Å². The second-order valence-corrected chi connectivity index (χ2v) is 6.63. The van der Waals surface area contributed by atoms with Crippen LogP contribution in [0, 0.1) is 0 Å². The average molecular weight is 260 g/mol. The Kier molecular flexibility index (Phi) is 4.51. The summed E-state index contributed by atoms with van der Waals surface area (Å²) in [6.45, 7) is 15.0. The third-order valence-electron chi connectivity index (χ3n) is 4.01. The maximum absolute atomic E-state index is 2.57. The number of piperazine rings is 1. The lowest BCUT2D eigenvalue weighted by Crippen LogP contribution is -2.46. The predicted molar refractivity (Wildman–Crippen MR) is 84.1 cm³/mol. The summed E-state index contributed by atoms with van der Waals surface area (Å²) in [6.07, 6.45) is 1.26. The normalized spacial score (nSPS) is 17.8. The van der Waals surface area contributed by atoms with Crippen molar-refractivity contribution in [1.82, 2.24) is 4.90 Å². The van der Waals surface area contributed by atoms with Crippen LogP contribution in [0.25, 0.3) is 0 Å². The van der Waals surface area contributed by atoms with Gasteiger partial charge in [-0.3, -0.25) is 4.90 Å². The molecule has 106 valence electrons. The van der Waals surface area contributed by atoms with Gasteiger partial charge in [0.1, 0.15) is 0 Å². The Bertz CT molecular complexity index is 381. The molecule has 1 aliphatic rings. The van der Waals surface area contributed by atoms with Gasteiger partial charge in [0.25, 0.3) is 0 Å². The van der Waals surface area contributed by atoms with Crippen LogP contribution >= 0.6 is 0 Å². The first kappa shape index (κ1) is 14.4. The summed E-state index contributed by atoms with van der Waals surface area (Å²) >= 11 is 0. The van der Waals surface area contributed by atoms with E-state index in [-0.39, 0.29) is 5.41 Å². The van der Waals surface area contributed by atoms with Crippen LogP contribution in [0.3, 0.4) is 0 Å². The standard InChI is InChI=1S/C17H28N2/c1-5-10-18-11-13-19(14-12-18)16-8-6-15(7-9-16)17(2,3)4/h6-9H,5,10-14H2,1-4H3. The minimum absolute atomic E-state index is 0.248. The third kappa shape index (κ3) is 3.73. The van der Waals surface area contributed by atoms with Gasteiger partial charge in [0.05, 0.1) is 0 Å². The molecule has 1 aliphatic heterocycles. The fourth-order valence-corrected chi connectivity index (χ4v) is 2.72. The van der Waals surface area contributed by atoms with Crippen molar-refractivity contribution in [2.24, 2.45) is 0 Å². The molecule has 0 aliphatic carbocycles. The molecule has 1 aromatic rings. The van der Waals surface area contributed by atoms with E-state index >= 15 is 0 Å². The van der Waals surface area contributed by atoms with E-state index in [0.717, 1.165) is 13.1 Å². The molecule has 2 rings (SSSR count). The quantitative estimate of drug-likeness (QED) is 0.820. The summed E-state index contributed by atoms with van der Waals surface area (Å²) in [5, 5.41) is 0. The zero-order chi connectivity index (χ0) is 13.9. The van der Waals surface area contributed by atoms with Crippen molar-refractivity contribution in [3.63, 3.8) is 0 Å². The second-order valence-electron chi connectivity index (χ2n) is 6.63. The number of hydrogen-bond donors (Lipinski definition) is 0. The van der Waals surface area contributed by atoms with Gasteiger partial charge in [-0.25, -0.2) is 0 Å². The van der Waals surface area contributed by atoms with E-state index in [2.05, 4.69) is 61.8 Å². The van der Waals surface area contributed by atoms with Crippen molar-refractivity contribution >= 4 is 5.69 Å². The minimum Gasteiger partial charge on any atom is -0.369 e. The highest BCUT2D eigenvalue weighted by atomic mass is 15.3. The number of rotatable bonds is 3. The third-order valence-corrected chi connectivity index (χ3v) is 4.01. The first-order valence-corrected chi connectivity index (χ1v) is 7.58. The van der Waals surface area contributed by atoms with Gasteiger partial charge in [-0.1, -0.05) is 39.8 Å². The van der Waals surface area contributed by atoms with Crippen molar-refractivity contribution in [2.45, 2.75) is 39.5 Å². The highest BCUT2D eigenvalue weighted by Gasteiger charge is 2.17. The van der Waals surface area contributed by atoms with Gasteiger partial charge in [-0.2, -0.15) is 0 Å². The first-order valence-electron chi connectivity index (χ1n) is 7.58. The van der Waals surface area contributed by atoms with E-state index in [0.29, 0.717) is 0 Å². The van der Waals surface area contributed by atoms with Gasteiger partial charge in [-0.05, 0) is 36.1 Å². The van der Waals surface area contributed by atoms with Gasteiger partial charge < -0.3 is 4.90 Å². The van der Waals surface area contributed by atoms with Crippen molar-refractivity contribution in [3.8, 4) is 0 Å². The lowest BCUT2D eigenvalue weighted by atomic mass is 9.87. The molecular weight excluding hydrogens is 232 g/mol. The van der Waals surface area contributed by atoms with Crippen LogP contribution in [0.2, 0.25) is 0 Å². The van der Waals surface area contributed by atoms with Crippen LogP contribution in [0.4, 0.5) is 5.69 Å². The van der Waals surface area contributed by atoms with Gasteiger partial charge >= 0.3 is 0 Å². The van der Waals surface area contributed by atoms with E-state index in [1.807, 2.05) is 0 Å². The number of anilines is 1. The van der Waals surface area contributed by atoms with Crippen molar-refractivity contribution in [3.05, 3.63) is 29.8 Å². The summed E-state index contributed by atoms with van der Waals surface area (Å²) in [4.78, 5) is 5.08. The Morgan fingerprint density at radius 3 is 2.00 bits per heavy atom. The van der Waals surface area contributed by atoms with Crippen molar-refractivity contribution < 1.29 is 0 Å². The highest BCUT2D eigenvalue weighted by Crippen LogP contribution is 2.25. The molecule has 0 spiro atoms. The van der Waals surface area contributed by atoms with Crippen LogP contribution in [0.5, 0.6) is 0 Å². The van der Waals surface area contributed by atoms with Crippen molar-refractivity contribution in [1.29, 1.82) is 0 Å². The molecule has 0 N–H and O–H groups in total. The highest BCUT2D eigenvalue weighted by molar-refractivity contribution is 5.49. The number of benzene rings is 1. The van der Waals surface area contributed by atoms with Crippen LogP contribution in [-0.2, 0) is 5.41 Å². The number of hydrogen-bond acceptors (Lipinski definition) is 2. The van der Waals surface area contributed by atoms with E-state index in [1.54, 1.807) is 0 Å². The molecule has 1 heterocycles. The number of nitrogens with zero attached hydrogens (tertiary/aromatic N) is 2. The van der Waals surface area contributed by atoms with E-state index in [1.165, 1.54) is 37.3 Å². The largest absolute Gasteiger partial charge is 0.369 e. The Morgan fingerprint density at radius 2 is 1.53 bits per heavy atom. The molecule has 2 heteroatoms. The van der Waals surface area contributed by atoms with Gasteiger partial charge in [0.2, 0.25) is 0 Å². The molecule has 0 aromatic heterocycles. The van der Waals surface area contributed by atoms with Crippen molar-refractivity contribution in [2.75, 3.05) is 37.6 Å². The summed E-state index contributed by atoms with van der Waals surface area (Å²) in [5.74, 6) is 0. The Morgan fingerprint density at radius 1 is 0.947 bits per heavy atom. The van der Waals surface area contributed by atoms with E-state index in [4.69, 9.17) is 0 Å². The molecule has 0 atom stereocenters. The molecule has 0 radical (unpaired) electrons. The fourth-order valence-electron chi connectivity index (χ4n) is 2.72. The van der Waals surface area contributed by atoms with Crippen LogP contribution < -0.4 is 4.90 Å². The van der Waals surface area contributed by atoms with Crippen LogP contribution in [0.15, 0.2) is 24.3 Å². The molecule has 1 aromatic carbocycles. The summed E-state index contributed by atoms with van der Waals surface area (Å²) in [5.41, 5.74) is 3.04. The molecule has 1 fully saturated rings. The summed E-state index contributed by atoms with van der Waals surface area (Å²) in [6, 6.07) is 9.15. The molecule has 0 amide bonds. The maximum Gasteiger partial charge on any atom is 0.0367 e. The zero-order valence-corrected chi connectivity index (χ0v) is 12.9. The predicted octanol–water partition coefficient (Wildman–Crippen LogP) is 3.52. The molecule has 0 saturated carbocycles. The molecular formula is C17H28N2. The van der Waals surface area contributed by atoms with Crippen LogP contribution in [-0.4, -0.2) is 37.6 Å². The van der Waals surface area contributed by atoms with Gasteiger partial charge in [0, 0.05) is 31.9 Å². The molecule has 1 saturated heterocycles. The lowest BCUT2D eigenvalue weighted by molar-refractivity contribution is 0.258. The molecule has 2 nitrogen and oxygen atoms in total. The lowest BCUT2D eigenvalue weighted by Gasteiger charge is -2.36. The fraction of sp³-hybridized carbons (Fsp3) is 0.647. The molecule has 0 unspecified atom stereocenters. The SMILES string of the molecule is CCCN1CCN(c2ccc(C(C)(C)C)cc2)CC1. The molecule has 0 bridgehead atoms. The van der Waals surface area contributed by atoms with Gasteiger partial charge in [-0.15, -0.1) is 0 Å². The smallest absolute Gasteiger partial charge is 0.0367 e. The Labute approximate surface area is 118 Å². The topological polar surface area (TPSA) is 6.48 Å². The maximum atomic E-state index is 2.57. The van der Waals surface area contributed by atoms with Crippen LogP contribution in [0.1, 0.15) is 39.7 Å². The zero-order valence-electron chi connectivity index (χ0n) is 12.9. The second kappa shape index (κ2) is 5.96. The summed E-state index contributed by atoms with van der Waals surface area (Å²) in [7, 11) is 0. The summed E-state index contributed by atoms with van der Waals surface area (Å²) < 4.78 is 0. The molecule has 19 heavy (non-hydrogen) atoms. The van der Waals surface area contributed by atoms with E-state index in [9.17, 15) is 0 Å². The van der Waals surface area contributed by atoms with Gasteiger partial charge in [0.15, 0.2) is 0 Å². The average Bonchev–Trinajstić information content (AvgIpc) is 2.39. The Balaban J connectivity index is 1.97.